The molecule has 2 bridgehead atoms. The third kappa shape index (κ3) is 2.37. The van der Waals surface area contributed by atoms with E-state index in [9.17, 15) is 17.2 Å². The number of nitrogens with zero attached hydrogens (tertiary/aromatic N) is 1. The molecule has 1 aromatic rings. The number of hydrogen-bond acceptors (Lipinski definition) is 3. The molecule has 1 aliphatic carbocycles. The van der Waals surface area contributed by atoms with Gasteiger partial charge in [0.1, 0.15) is 10.7 Å². The number of piperidine rings is 1. The molecule has 1 saturated heterocycles. The summed E-state index contributed by atoms with van der Waals surface area (Å²) in [6.07, 6.45) is 2.72. The van der Waals surface area contributed by atoms with Crippen LogP contribution in [0.2, 0.25) is 0 Å². The average molecular weight is 316 g/mol. The van der Waals surface area contributed by atoms with Gasteiger partial charge in [-0.15, -0.1) is 0 Å². The molecule has 1 aliphatic heterocycles. The number of benzene rings is 1. The third-order valence-electron chi connectivity index (χ3n) is 4.45. The van der Waals surface area contributed by atoms with Crippen molar-refractivity contribution >= 4 is 10.0 Å². The molecule has 0 radical (unpaired) electrons. The summed E-state index contributed by atoms with van der Waals surface area (Å²) in [6.45, 7) is 0.401. The highest BCUT2D eigenvalue weighted by atomic mass is 32.2. The van der Waals surface area contributed by atoms with Crippen LogP contribution in [0.15, 0.2) is 17.0 Å². The predicted molar refractivity (Wildman–Crippen MR) is 74.1 cm³/mol. The molecule has 116 valence electrons. The molecule has 1 saturated carbocycles. The van der Waals surface area contributed by atoms with E-state index in [-0.39, 0.29) is 18.2 Å². The lowest BCUT2D eigenvalue weighted by molar-refractivity contribution is 0.331. The molecule has 2 atom stereocenters. The van der Waals surface area contributed by atoms with Gasteiger partial charge in [-0.1, -0.05) is 0 Å². The van der Waals surface area contributed by atoms with Crippen molar-refractivity contribution in [2.75, 3.05) is 13.6 Å². The van der Waals surface area contributed by atoms with Crippen molar-refractivity contribution in [3.63, 3.8) is 0 Å². The lowest BCUT2D eigenvalue weighted by Gasteiger charge is -2.26. The number of halogens is 2. The van der Waals surface area contributed by atoms with Crippen LogP contribution in [0.4, 0.5) is 8.78 Å². The Morgan fingerprint density at radius 3 is 2.67 bits per heavy atom. The molecule has 2 unspecified atom stereocenters. The zero-order valence-corrected chi connectivity index (χ0v) is 12.6. The maximum atomic E-state index is 14.4. The number of rotatable bonds is 4. The fourth-order valence-corrected chi connectivity index (χ4v) is 5.25. The molecule has 1 aromatic carbocycles. The molecule has 4 nitrogen and oxygen atoms in total. The minimum Gasteiger partial charge on any atom is -0.315 e. The van der Waals surface area contributed by atoms with Gasteiger partial charge in [0.2, 0.25) is 10.0 Å². The van der Waals surface area contributed by atoms with Crippen LogP contribution >= 0.6 is 0 Å². The number of sulfonamides is 1. The first kappa shape index (κ1) is 14.9. The van der Waals surface area contributed by atoms with Crippen LogP contribution in [-0.4, -0.2) is 32.4 Å². The fourth-order valence-electron chi connectivity index (χ4n) is 3.41. The second-order valence-electron chi connectivity index (χ2n) is 5.78. The summed E-state index contributed by atoms with van der Waals surface area (Å²) in [7, 11) is -2.34. The minimum atomic E-state index is -3.89. The Labute approximate surface area is 123 Å². The number of fused-ring (bicyclic) bond motifs is 2. The normalized spacial score (nSPS) is 25.7. The summed E-state index contributed by atoms with van der Waals surface area (Å²) < 4.78 is 54.8. The van der Waals surface area contributed by atoms with E-state index in [1.807, 2.05) is 0 Å². The second-order valence-corrected chi connectivity index (χ2v) is 7.63. The molecule has 0 amide bonds. The Balaban J connectivity index is 2.01. The Morgan fingerprint density at radius 1 is 1.33 bits per heavy atom. The molecule has 0 aromatic heterocycles. The van der Waals surface area contributed by atoms with Gasteiger partial charge in [0.25, 0.3) is 0 Å². The van der Waals surface area contributed by atoms with E-state index in [1.165, 1.54) is 4.31 Å². The highest BCUT2D eigenvalue weighted by molar-refractivity contribution is 7.89. The molecular weight excluding hydrogens is 298 g/mol. The van der Waals surface area contributed by atoms with Crippen molar-refractivity contribution in [3.05, 3.63) is 29.3 Å². The first-order chi connectivity index (χ1) is 9.95. The van der Waals surface area contributed by atoms with Gasteiger partial charge in [-0.25, -0.2) is 17.2 Å². The molecule has 21 heavy (non-hydrogen) atoms. The van der Waals surface area contributed by atoms with Crippen LogP contribution in [0.3, 0.4) is 0 Å². The molecule has 0 spiro atoms. The van der Waals surface area contributed by atoms with Crippen molar-refractivity contribution in [2.45, 2.75) is 36.7 Å². The van der Waals surface area contributed by atoms with Crippen LogP contribution in [-0.2, 0) is 16.6 Å². The smallest absolute Gasteiger partial charge is 0.246 e. The van der Waals surface area contributed by atoms with Crippen LogP contribution in [0.25, 0.3) is 0 Å². The number of nitrogens with one attached hydrogen (secondary N) is 1. The zero-order valence-electron chi connectivity index (χ0n) is 11.8. The van der Waals surface area contributed by atoms with E-state index in [0.717, 1.165) is 31.4 Å². The van der Waals surface area contributed by atoms with Crippen molar-refractivity contribution in [3.8, 4) is 0 Å². The van der Waals surface area contributed by atoms with E-state index in [4.69, 9.17) is 0 Å². The van der Waals surface area contributed by atoms with Gasteiger partial charge >= 0.3 is 0 Å². The Morgan fingerprint density at radius 2 is 2.10 bits per heavy atom. The van der Waals surface area contributed by atoms with Crippen molar-refractivity contribution in [1.29, 1.82) is 0 Å². The highest BCUT2D eigenvalue weighted by Gasteiger charge is 2.45. The van der Waals surface area contributed by atoms with E-state index in [0.29, 0.717) is 12.5 Å². The summed E-state index contributed by atoms with van der Waals surface area (Å²) in [5.41, 5.74) is -0.233. The minimum absolute atomic E-state index is 0.0304. The number of hydrogen-bond donors (Lipinski definition) is 1. The zero-order chi connectivity index (χ0) is 15.2. The SMILES string of the molecule is CNCc1c(F)ccc(S(=O)(=O)N2CC3CCC2C3)c1F. The maximum absolute atomic E-state index is 14.4. The molecule has 1 N–H and O–H groups in total. The molecule has 2 aliphatic rings. The van der Waals surface area contributed by atoms with Gasteiger partial charge in [0, 0.05) is 24.7 Å². The van der Waals surface area contributed by atoms with Gasteiger partial charge in [-0.3, -0.25) is 0 Å². The summed E-state index contributed by atoms with van der Waals surface area (Å²) in [4.78, 5) is -0.415. The van der Waals surface area contributed by atoms with Crippen molar-refractivity contribution in [1.82, 2.24) is 9.62 Å². The Bertz CT molecular complexity index is 663. The summed E-state index contributed by atoms with van der Waals surface area (Å²) in [5.74, 6) is -1.33. The fraction of sp³-hybridized carbons (Fsp3) is 0.571. The maximum Gasteiger partial charge on any atom is 0.246 e. The van der Waals surface area contributed by atoms with Gasteiger partial charge < -0.3 is 5.32 Å². The van der Waals surface area contributed by atoms with Crippen LogP contribution in [0.1, 0.15) is 24.8 Å². The topological polar surface area (TPSA) is 49.4 Å². The molecule has 1 heterocycles. The molecule has 2 fully saturated rings. The summed E-state index contributed by atoms with van der Waals surface area (Å²) in [6, 6.07) is 2.03. The van der Waals surface area contributed by atoms with E-state index in [2.05, 4.69) is 5.32 Å². The molecule has 3 rings (SSSR count). The van der Waals surface area contributed by atoms with Crippen LogP contribution < -0.4 is 5.32 Å². The van der Waals surface area contributed by atoms with Gasteiger partial charge in [-0.2, -0.15) is 4.31 Å². The van der Waals surface area contributed by atoms with Crippen molar-refractivity contribution < 1.29 is 17.2 Å². The predicted octanol–water partition coefficient (Wildman–Crippen LogP) is 1.86. The van der Waals surface area contributed by atoms with Crippen molar-refractivity contribution in [2.24, 2.45) is 5.92 Å². The standard InChI is InChI=1S/C14H18F2N2O2S/c1-17-7-11-12(15)4-5-13(14(11)16)21(19,20)18-8-9-2-3-10(18)6-9/h4-5,9-10,17H,2-3,6-8H2,1H3. The average Bonchev–Trinajstić information content (AvgIpc) is 3.06. The highest BCUT2D eigenvalue weighted by Crippen LogP contribution is 2.41. The third-order valence-corrected chi connectivity index (χ3v) is 6.39. The van der Waals surface area contributed by atoms with Crippen LogP contribution in [0.5, 0.6) is 0 Å². The largest absolute Gasteiger partial charge is 0.315 e. The van der Waals surface area contributed by atoms with E-state index >= 15 is 0 Å². The van der Waals surface area contributed by atoms with E-state index in [1.54, 1.807) is 7.05 Å². The lowest BCUT2D eigenvalue weighted by atomic mass is 10.1. The molecule has 7 heteroatoms. The Hall–Kier alpha value is -1.05. The van der Waals surface area contributed by atoms with Gasteiger partial charge in [0.15, 0.2) is 5.82 Å². The van der Waals surface area contributed by atoms with Gasteiger partial charge in [0.05, 0.1) is 0 Å². The summed E-state index contributed by atoms with van der Waals surface area (Å²) >= 11 is 0. The molecular formula is C14H18F2N2O2S. The monoisotopic (exact) mass is 316 g/mol. The second kappa shape index (κ2) is 5.30. The first-order valence-corrected chi connectivity index (χ1v) is 8.52. The van der Waals surface area contributed by atoms with Crippen LogP contribution in [0, 0.1) is 17.6 Å². The quantitative estimate of drug-likeness (QED) is 0.922. The summed E-state index contributed by atoms with van der Waals surface area (Å²) in [5, 5.41) is 2.65. The van der Waals surface area contributed by atoms with E-state index < -0.39 is 26.6 Å². The Kier molecular flexibility index (Phi) is 3.75. The van der Waals surface area contributed by atoms with Gasteiger partial charge in [-0.05, 0) is 44.4 Å². The first-order valence-electron chi connectivity index (χ1n) is 7.08. The lowest BCUT2D eigenvalue weighted by Crippen LogP contribution is -2.38.